The number of carbonyl (C=O) groups is 1. The van der Waals surface area contributed by atoms with E-state index < -0.39 is 11.4 Å². The van der Waals surface area contributed by atoms with Gasteiger partial charge in [0.05, 0.1) is 12.5 Å². The van der Waals surface area contributed by atoms with Gasteiger partial charge in [-0.25, -0.2) is 0 Å². The molecular weight excluding hydrogens is 230 g/mol. The third-order valence-corrected chi connectivity index (χ3v) is 3.89. The minimum absolute atomic E-state index is 0.675. The molecular formula is C14H15NO3. The fourth-order valence-corrected chi connectivity index (χ4v) is 2.69. The zero-order valence-corrected chi connectivity index (χ0v) is 10.4. The Morgan fingerprint density at radius 1 is 1.39 bits per heavy atom. The van der Waals surface area contributed by atoms with E-state index in [-0.39, 0.29) is 0 Å². The van der Waals surface area contributed by atoms with Crippen molar-refractivity contribution in [2.24, 2.45) is 7.05 Å². The Kier molecular flexibility index (Phi) is 2.17. The minimum Gasteiger partial charge on any atom is -0.496 e. The number of methoxy groups -OCH3 is 1. The van der Waals surface area contributed by atoms with Crippen molar-refractivity contribution >= 4 is 16.9 Å². The maximum Gasteiger partial charge on any atom is 0.314 e. The second-order valence-electron chi connectivity index (χ2n) is 4.89. The van der Waals surface area contributed by atoms with Gasteiger partial charge in [0.1, 0.15) is 5.75 Å². The first kappa shape index (κ1) is 11.1. The van der Waals surface area contributed by atoms with Crippen LogP contribution in [0.3, 0.4) is 0 Å². The zero-order valence-electron chi connectivity index (χ0n) is 10.4. The van der Waals surface area contributed by atoms with Gasteiger partial charge in [-0.1, -0.05) is 0 Å². The van der Waals surface area contributed by atoms with Gasteiger partial charge in [-0.2, -0.15) is 0 Å². The number of ether oxygens (including phenoxy) is 1. The van der Waals surface area contributed by atoms with Gasteiger partial charge in [-0.15, -0.1) is 0 Å². The molecule has 1 aromatic heterocycles. The van der Waals surface area contributed by atoms with E-state index in [1.165, 1.54) is 0 Å². The van der Waals surface area contributed by atoms with Crippen molar-refractivity contribution in [2.75, 3.05) is 7.11 Å². The molecule has 1 fully saturated rings. The van der Waals surface area contributed by atoms with Crippen LogP contribution in [0.2, 0.25) is 0 Å². The van der Waals surface area contributed by atoms with Crippen LogP contribution in [-0.2, 0) is 17.3 Å². The zero-order chi connectivity index (χ0) is 12.9. The predicted molar refractivity (Wildman–Crippen MR) is 68.0 cm³/mol. The Hall–Kier alpha value is -1.97. The van der Waals surface area contributed by atoms with Gasteiger partial charge in [-0.05, 0) is 31.0 Å². The highest BCUT2D eigenvalue weighted by atomic mass is 16.5. The van der Waals surface area contributed by atoms with Crippen molar-refractivity contribution in [3.63, 3.8) is 0 Å². The van der Waals surface area contributed by atoms with Gasteiger partial charge < -0.3 is 14.4 Å². The van der Waals surface area contributed by atoms with E-state index >= 15 is 0 Å². The summed E-state index contributed by atoms with van der Waals surface area (Å²) in [5.41, 5.74) is 1.13. The second-order valence-corrected chi connectivity index (χ2v) is 4.89. The number of nitrogens with zero attached hydrogens (tertiary/aromatic N) is 1. The second kappa shape index (κ2) is 3.51. The first-order chi connectivity index (χ1) is 8.60. The summed E-state index contributed by atoms with van der Waals surface area (Å²) in [5.74, 6) is -0.0780. The molecule has 4 nitrogen and oxygen atoms in total. The van der Waals surface area contributed by atoms with Crippen molar-refractivity contribution in [2.45, 2.75) is 18.3 Å². The Labute approximate surface area is 105 Å². The van der Waals surface area contributed by atoms with Crippen LogP contribution in [0.4, 0.5) is 0 Å². The standard InChI is InChI=1S/C14H15NO3/c1-15-8-5-9-10(15)3-4-11(18-2)12(9)14(6-7-14)13(16)17/h3-5,8H,6-7H2,1-2H3,(H,16,17). The van der Waals surface area contributed by atoms with Crippen LogP contribution in [0.1, 0.15) is 18.4 Å². The lowest BCUT2D eigenvalue weighted by Crippen LogP contribution is -2.20. The van der Waals surface area contributed by atoms with Gasteiger partial charge in [0.15, 0.2) is 0 Å². The number of benzene rings is 1. The first-order valence-corrected chi connectivity index (χ1v) is 5.96. The van der Waals surface area contributed by atoms with Crippen molar-refractivity contribution in [1.29, 1.82) is 0 Å². The number of carboxylic acids is 1. The smallest absolute Gasteiger partial charge is 0.314 e. The largest absolute Gasteiger partial charge is 0.496 e. The lowest BCUT2D eigenvalue weighted by atomic mass is 9.92. The number of aliphatic carboxylic acids is 1. The fourth-order valence-electron chi connectivity index (χ4n) is 2.69. The Morgan fingerprint density at radius 3 is 2.67 bits per heavy atom. The maximum absolute atomic E-state index is 11.5. The van der Waals surface area contributed by atoms with Crippen molar-refractivity contribution in [3.8, 4) is 5.75 Å². The average molecular weight is 245 g/mol. The van der Waals surface area contributed by atoms with E-state index in [0.717, 1.165) is 16.5 Å². The number of fused-ring (bicyclic) bond motifs is 1. The summed E-state index contributed by atoms with van der Waals surface area (Å²) in [6, 6.07) is 5.80. The highest BCUT2D eigenvalue weighted by Gasteiger charge is 2.54. The van der Waals surface area contributed by atoms with E-state index in [2.05, 4.69) is 0 Å². The molecule has 0 aliphatic heterocycles. The maximum atomic E-state index is 11.5. The normalized spacial score (nSPS) is 16.8. The van der Waals surface area contributed by atoms with Gasteiger partial charge in [0.25, 0.3) is 0 Å². The molecule has 3 rings (SSSR count). The number of aryl methyl sites for hydroxylation is 1. The predicted octanol–water partition coefficient (Wildman–Crippen LogP) is 2.30. The summed E-state index contributed by atoms with van der Waals surface area (Å²) < 4.78 is 7.36. The van der Waals surface area contributed by atoms with Crippen LogP contribution < -0.4 is 4.74 Å². The number of aromatic nitrogens is 1. The fraction of sp³-hybridized carbons (Fsp3) is 0.357. The molecule has 18 heavy (non-hydrogen) atoms. The van der Waals surface area contributed by atoms with Crippen LogP contribution in [0.15, 0.2) is 24.4 Å². The summed E-state index contributed by atoms with van der Waals surface area (Å²) in [4.78, 5) is 11.5. The Morgan fingerprint density at radius 2 is 2.11 bits per heavy atom. The van der Waals surface area contributed by atoms with E-state index in [0.29, 0.717) is 18.6 Å². The van der Waals surface area contributed by atoms with Gasteiger partial charge in [-0.3, -0.25) is 4.79 Å². The Bertz CT molecular complexity index is 638. The van der Waals surface area contributed by atoms with Gasteiger partial charge in [0, 0.05) is 29.7 Å². The van der Waals surface area contributed by atoms with Crippen LogP contribution in [0.25, 0.3) is 10.9 Å². The molecule has 0 unspecified atom stereocenters. The van der Waals surface area contributed by atoms with Crippen LogP contribution >= 0.6 is 0 Å². The first-order valence-electron chi connectivity index (χ1n) is 5.96. The molecule has 1 aliphatic carbocycles. The van der Waals surface area contributed by atoms with Crippen molar-refractivity contribution in [1.82, 2.24) is 4.57 Å². The van der Waals surface area contributed by atoms with E-state index in [9.17, 15) is 9.90 Å². The average Bonchev–Trinajstić information content (AvgIpc) is 3.08. The van der Waals surface area contributed by atoms with Crippen LogP contribution in [-0.4, -0.2) is 22.8 Å². The highest BCUT2D eigenvalue weighted by molar-refractivity contribution is 5.96. The molecule has 0 spiro atoms. The number of carboxylic acid groups (broad SMARTS) is 1. The van der Waals surface area contributed by atoms with Crippen LogP contribution in [0, 0.1) is 0 Å². The molecule has 1 aromatic carbocycles. The molecule has 1 heterocycles. The number of rotatable bonds is 3. The molecule has 1 saturated carbocycles. The third kappa shape index (κ3) is 1.29. The molecule has 0 amide bonds. The number of hydrogen-bond acceptors (Lipinski definition) is 2. The third-order valence-electron chi connectivity index (χ3n) is 3.89. The quantitative estimate of drug-likeness (QED) is 0.902. The van der Waals surface area contributed by atoms with Gasteiger partial charge >= 0.3 is 5.97 Å². The SMILES string of the molecule is COc1ccc2c(ccn2C)c1C1(C(=O)O)CC1. The monoisotopic (exact) mass is 245 g/mol. The molecule has 4 heteroatoms. The molecule has 2 aromatic rings. The van der Waals surface area contributed by atoms with E-state index in [1.807, 2.05) is 36.0 Å². The molecule has 0 atom stereocenters. The Balaban J connectivity index is 2.35. The summed E-state index contributed by atoms with van der Waals surface area (Å²) in [7, 11) is 3.55. The topological polar surface area (TPSA) is 51.5 Å². The molecule has 94 valence electrons. The molecule has 1 N–H and O–H groups in total. The molecule has 0 saturated heterocycles. The number of hydrogen-bond donors (Lipinski definition) is 1. The lowest BCUT2D eigenvalue weighted by molar-refractivity contribution is -0.140. The highest BCUT2D eigenvalue weighted by Crippen LogP contribution is 2.53. The van der Waals surface area contributed by atoms with Crippen molar-refractivity contribution < 1.29 is 14.6 Å². The summed E-state index contributed by atoms with van der Waals surface area (Å²) in [6.07, 6.45) is 3.32. The van der Waals surface area contributed by atoms with Crippen LogP contribution in [0.5, 0.6) is 5.75 Å². The lowest BCUT2D eigenvalue weighted by Gasteiger charge is -2.16. The van der Waals surface area contributed by atoms with E-state index in [1.54, 1.807) is 7.11 Å². The van der Waals surface area contributed by atoms with E-state index in [4.69, 9.17) is 4.74 Å². The molecule has 1 aliphatic rings. The molecule has 0 bridgehead atoms. The van der Waals surface area contributed by atoms with Gasteiger partial charge in [0.2, 0.25) is 0 Å². The summed E-state index contributed by atoms with van der Waals surface area (Å²) >= 11 is 0. The summed E-state index contributed by atoms with van der Waals surface area (Å²) in [6.45, 7) is 0. The summed E-state index contributed by atoms with van der Waals surface area (Å²) in [5, 5.41) is 10.5. The molecule has 0 radical (unpaired) electrons. The minimum atomic E-state index is -0.753. The van der Waals surface area contributed by atoms with Crippen molar-refractivity contribution in [3.05, 3.63) is 30.0 Å².